The maximum Gasteiger partial charge on any atom is 0.120 e. The van der Waals surface area contributed by atoms with Gasteiger partial charge in [-0.25, -0.2) is 0 Å². The summed E-state index contributed by atoms with van der Waals surface area (Å²) in [5.41, 5.74) is 2.37. The molecule has 0 radical (unpaired) electrons. The van der Waals surface area contributed by atoms with E-state index in [9.17, 15) is 0 Å². The van der Waals surface area contributed by atoms with Gasteiger partial charge >= 0.3 is 0 Å². The SMILES string of the molecule is Cc1ccoc1CNCc1cccnc1. The van der Waals surface area contributed by atoms with E-state index in [4.69, 9.17) is 4.42 Å². The molecule has 2 heterocycles. The molecule has 0 amide bonds. The van der Waals surface area contributed by atoms with Gasteiger partial charge in [0.2, 0.25) is 0 Å². The fourth-order valence-electron chi connectivity index (χ4n) is 1.41. The first-order chi connectivity index (χ1) is 7.36. The van der Waals surface area contributed by atoms with Crippen LogP contribution in [-0.2, 0) is 13.1 Å². The molecule has 0 fully saturated rings. The van der Waals surface area contributed by atoms with Gasteiger partial charge in [0.1, 0.15) is 5.76 Å². The predicted octanol–water partition coefficient (Wildman–Crippen LogP) is 2.27. The standard InChI is InChI=1S/C12H14N2O/c1-10-4-6-15-12(10)9-14-8-11-3-2-5-13-7-11/h2-7,14H,8-9H2,1H3. The average molecular weight is 202 g/mol. The van der Waals surface area contributed by atoms with Crippen molar-refractivity contribution in [3.63, 3.8) is 0 Å². The molecule has 0 aromatic carbocycles. The second-order valence-corrected chi connectivity index (χ2v) is 3.49. The van der Waals surface area contributed by atoms with Crippen LogP contribution in [0.4, 0.5) is 0 Å². The van der Waals surface area contributed by atoms with Gasteiger partial charge in [-0.1, -0.05) is 6.07 Å². The Labute approximate surface area is 89.1 Å². The largest absolute Gasteiger partial charge is 0.468 e. The van der Waals surface area contributed by atoms with E-state index in [0.717, 1.165) is 18.8 Å². The Bertz CT molecular complexity index is 409. The molecule has 0 unspecified atom stereocenters. The molecule has 78 valence electrons. The smallest absolute Gasteiger partial charge is 0.120 e. The maximum atomic E-state index is 5.32. The topological polar surface area (TPSA) is 38.1 Å². The molecule has 15 heavy (non-hydrogen) atoms. The number of furan rings is 1. The third-order valence-electron chi connectivity index (χ3n) is 2.31. The molecule has 0 atom stereocenters. The van der Waals surface area contributed by atoms with Gasteiger partial charge in [0.15, 0.2) is 0 Å². The van der Waals surface area contributed by atoms with Crippen LogP contribution >= 0.6 is 0 Å². The highest BCUT2D eigenvalue weighted by molar-refractivity contribution is 5.14. The third kappa shape index (κ3) is 2.67. The van der Waals surface area contributed by atoms with Crippen LogP contribution in [0.2, 0.25) is 0 Å². The second-order valence-electron chi connectivity index (χ2n) is 3.49. The van der Waals surface area contributed by atoms with E-state index in [0.29, 0.717) is 0 Å². The van der Waals surface area contributed by atoms with Gasteiger partial charge in [-0.15, -0.1) is 0 Å². The first-order valence-corrected chi connectivity index (χ1v) is 4.99. The number of pyridine rings is 1. The average Bonchev–Trinajstić information content (AvgIpc) is 2.66. The Morgan fingerprint density at radius 1 is 1.33 bits per heavy atom. The number of aryl methyl sites for hydroxylation is 1. The summed E-state index contributed by atoms with van der Waals surface area (Å²) in [5.74, 6) is 0.999. The van der Waals surface area contributed by atoms with E-state index < -0.39 is 0 Å². The normalized spacial score (nSPS) is 10.5. The van der Waals surface area contributed by atoms with Crippen LogP contribution in [0, 0.1) is 6.92 Å². The lowest BCUT2D eigenvalue weighted by atomic mass is 10.2. The summed E-state index contributed by atoms with van der Waals surface area (Å²) >= 11 is 0. The molecule has 2 rings (SSSR count). The van der Waals surface area contributed by atoms with Crippen molar-refractivity contribution in [3.8, 4) is 0 Å². The van der Waals surface area contributed by atoms with Crippen molar-refractivity contribution in [3.05, 3.63) is 53.7 Å². The molecule has 0 spiro atoms. The number of aromatic nitrogens is 1. The van der Waals surface area contributed by atoms with E-state index in [1.165, 1.54) is 11.1 Å². The van der Waals surface area contributed by atoms with Crippen molar-refractivity contribution >= 4 is 0 Å². The fraction of sp³-hybridized carbons (Fsp3) is 0.250. The van der Waals surface area contributed by atoms with Crippen LogP contribution < -0.4 is 5.32 Å². The molecule has 0 aliphatic carbocycles. The molecule has 3 heteroatoms. The third-order valence-corrected chi connectivity index (χ3v) is 2.31. The zero-order valence-corrected chi connectivity index (χ0v) is 8.73. The second kappa shape index (κ2) is 4.75. The number of hydrogen-bond acceptors (Lipinski definition) is 3. The molecule has 0 aliphatic heterocycles. The Kier molecular flexibility index (Phi) is 3.15. The molecule has 0 saturated heterocycles. The highest BCUT2D eigenvalue weighted by atomic mass is 16.3. The van der Waals surface area contributed by atoms with Crippen molar-refractivity contribution < 1.29 is 4.42 Å². The van der Waals surface area contributed by atoms with Crippen LogP contribution in [0.15, 0.2) is 41.3 Å². The molecule has 0 bridgehead atoms. The van der Waals surface area contributed by atoms with E-state index in [-0.39, 0.29) is 0 Å². The van der Waals surface area contributed by atoms with E-state index in [1.54, 1.807) is 12.5 Å². The van der Waals surface area contributed by atoms with Crippen LogP contribution in [0.5, 0.6) is 0 Å². The number of rotatable bonds is 4. The van der Waals surface area contributed by atoms with E-state index in [1.807, 2.05) is 25.3 Å². The Balaban J connectivity index is 1.83. The molecule has 2 aromatic heterocycles. The first kappa shape index (κ1) is 9.93. The van der Waals surface area contributed by atoms with Gasteiger partial charge in [0.25, 0.3) is 0 Å². The molecule has 1 N–H and O–H groups in total. The van der Waals surface area contributed by atoms with Gasteiger partial charge in [-0.05, 0) is 30.2 Å². The minimum absolute atomic E-state index is 0.758. The number of nitrogens with zero attached hydrogens (tertiary/aromatic N) is 1. The van der Waals surface area contributed by atoms with Crippen molar-refractivity contribution in [2.24, 2.45) is 0 Å². The van der Waals surface area contributed by atoms with E-state index >= 15 is 0 Å². The molecular weight excluding hydrogens is 188 g/mol. The van der Waals surface area contributed by atoms with Crippen LogP contribution in [0.1, 0.15) is 16.9 Å². The minimum Gasteiger partial charge on any atom is -0.468 e. The summed E-state index contributed by atoms with van der Waals surface area (Å²) in [6.07, 6.45) is 5.36. The summed E-state index contributed by atoms with van der Waals surface area (Å²) in [7, 11) is 0. The van der Waals surface area contributed by atoms with Crippen molar-refractivity contribution in [2.45, 2.75) is 20.0 Å². The summed E-state index contributed by atoms with van der Waals surface area (Å²) in [6, 6.07) is 5.96. The zero-order valence-electron chi connectivity index (χ0n) is 8.73. The lowest BCUT2D eigenvalue weighted by Gasteiger charge is -2.02. The lowest BCUT2D eigenvalue weighted by Crippen LogP contribution is -2.12. The Hall–Kier alpha value is -1.61. The predicted molar refractivity (Wildman–Crippen MR) is 58.2 cm³/mol. The molecule has 0 saturated carbocycles. The molecular formula is C12H14N2O. The van der Waals surface area contributed by atoms with Crippen LogP contribution in [0.3, 0.4) is 0 Å². The summed E-state index contributed by atoms with van der Waals surface area (Å²) in [6.45, 7) is 3.62. The maximum absolute atomic E-state index is 5.32. The van der Waals surface area contributed by atoms with E-state index in [2.05, 4.69) is 16.4 Å². The molecule has 0 aliphatic rings. The van der Waals surface area contributed by atoms with Gasteiger partial charge in [-0.3, -0.25) is 4.98 Å². The Morgan fingerprint density at radius 2 is 2.27 bits per heavy atom. The minimum atomic E-state index is 0.758. The van der Waals surface area contributed by atoms with Crippen molar-refractivity contribution in [2.75, 3.05) is 0 Å². The summed E-state index contributed by atoms with van der Waals surface area (Å²) < 4.78 is 5.32. The number of nitrogens with one attached hydrogen (secondary N) is 1. The summed E-state index contributed by atoms with van der Waals surface area (Å²) in [4.78, 5) is 4.05. The van der Waals surface area contributed by atoms with Gasteiger partial charge in [0, 0.05) is 18.9 Å². The van der Waals surface area contributed by atoms with Crippen LogP contribution in [-0.4, -0.2) is 4.98 Å². The number of hydrogen-bond donors (Lipinski definition) is 1. The van der Waals surface area contributed by atoms with Crippen molar-refractivity contribution in [1.82, 2.24) is 10.3 Å². The monoisotopic (exact) mass is 202 g/mol. The van der Waals surface area contributed by atoms with Gasteiger partial charge < -0.3 is 9.73 Å². The Morgan fingerprint density at radius 3 is 2.93 bits per heavy atom. The molecule has 2 aromatic rings. The zero-order chi connectivity index (χ0) is 10.5. The quantitative estimate of drug-likeness (QED) is 0.826. The first-order valence-electron chi connectivity index (χ1n) is 4.99. The van der Waals surface area contributed by atoms with Gasteiger partial charge in [0.05, 0.1) is 12.8 Å². The highest BCUT2D eigenvalue weighted by Gasteiger charge is 2.00. The lowest BCUT2D eigenvalue weighted by molar-refractivity contribution is 0.480. The highest BCUT2D eigenvalue weighted by Crippen LogP contribution is 2.08. The van der Waals surface area contributed by atoms with Crippen molar-refractivity contribution in [1.29, 1.82) is 0 Å². The molecule has 3 nitrogen and oxygen atoms in total. The van der Waals surface area contributed by atoms with Crippen LogP contribution in [0.25, 0.3) is 0 Å². The summed E-state index contributed by atoms with van der Waals surface area (Å²) in [5, 5.41) is 3.31. The fourth-order valence-corrected chi connectivity index (χ4v) is 1.41. The van der Waals surface area contributed by atoms with Gasteiger partial charge in [-0.2, -0.15) is 0 Å².